The Morgan fingerprint density at radius 1 is 1.16 bits per heavy atom. The minimum Gasteiger partial charge on any atom is -0.480 e. The van der Waals surface area contributed by atoms with Crippen molar-refractivity contribution in [3.8, 4) is 0 Å². The number of hydrogen-bond acceptors (Lipinski definition) is 3. The number of carboxylic acid groups (broad SMARTS) is 1. The quantitative estimate of drug-likeness (QED) is 0.606. The van der Waals surface area contributed by atoms with Crippen LogP contribution in [0, 0.1) is 0 Å². The van der Waals surface area contributed by atoms with Crippen LogP contribution in [0.4, 0.5) is 0 Å². The normalized spacial score (nSPS) is 13.7. The molecule has 0 aliphatic heterocycles. The number of nitrogens with zero attached hydrogens (tertiary/aromatic N) is 1. The van der Waals surface area contributed by atoms with Crippen LogP contribution in [0.25, 0.3) is 0 Å². The minimum atomic E-state index is -3.72. The number of carboxylic acids is 1. The van der Waals surface area contributed by atoms with Crippen molar-refractivity contribution >= 4 is 16.2 Å². The van der Waals surface area contributed by atoms with Crippen LogP contribution in [0.2, 0.25) is 0 Å². The van der Waals surface area contributed by atoms with Gasteiger partial charge < -0.3 is 5.11 Å². The number of rotatable bonds is 11. The second-order valence-electron chi connectivity index (χ2n) is 4.55. The van der Waals surface area contributed by atoms with Crippen LogP contribution >= 0.6 is 0 Å². The van der Waals surface area contributed by atoms with Gasteiger partial charge in [-0.15, -0.1) is 0 Å². The maximum Gasteiger partial charge on any atom is 0.321 e. The predicted octanol–water partition coefficient (Wildman–Crippen LogP) is 1.59. The lowest BCUT2D eigenvalue weighted by atomic mass is 10.1. The molecule has 0 aliphatic carbocycles. The van der Waals surface area contributed by atoms with Crippen LogP contribution in [0.15, 0.2) is 0 Å². The van der Waals surface area contributed by atoms with E-state index in [1.807, 2.05) is 20.8 Å². The first-order chi connectivity index (χ1) is 8.88. The molecular formula is C12H26N2O4S. The smallest absolute Gasteiger partial charge is 0.321 e. The Bertz CT molecular complexity index is 351. The van der Waals surface area contributed by atoms with Gasteiger partial charge in [0.2, 0.25) is 0 Å². The van der Waals surface area contributed by atoms with E-state index in [0.29, 0.717) is 38.8 Å². The molecule has 0 aromatic heterocycles. The molecule has 1 atom stereocenters. The van der Waals surface area contributed by atoms with Gasteiger partial charge in [-0.1, -0.05) is 33.6 Å². The molecule has 0 heterocycles. The van der Waals surface area contributed by atoms with E-state index in [1.165, 1.54) is 4.31 Å². The Labute approximate surface area is 116 Å². The molecule has 0 spiro atoms. The number of unbranched alkanes of at least 4 members (excludes halogenated alkanes) is 1. The zero-order valence-corrected chi connectivity index (χ0v) is 12.9. The summed E-state index contributed by atoms with van der Waals surface area (Å²) in [4.78, 5) is 11.1. The summed E-state index contributed by atoms with van der Waals surface area (Å²) < 4.78 is 27.9. The van der Waals surface area contributed by atoms with Crippen molar-refractivity contribution in [2.45, 2.75) is 58.9 Å². The molecule has 0 radical (unpaired) electrons. The third kappa shape index (κ3) is 6.89. The van der Waals surface area contributed by atoms with Crippen LogP contribution < -0.4 is 4.72 Å². The van der Waals surface area contributed by atoms with Gasteiger partial charge in [0.05, 0.1) is 0 Å². The van der Waals surface area contributed by atoms with Crippen LogP contribution in [0.3, 0.4) is 0 Å². The largest absolute Gasteiger partial charge is 0.480 e. The fourth-order valence-electron chi connectivity index (χ4n) is 1.75. The van der Waals surface area contributed by atoms with Crippen molar-refractivity contribution in [2.24, 2.45) is 0 Å². The summed E-state index contributed by atoms with van der Waals surface area (Å²) >= 11 is 0. The molecule has 0 rings (SSSR count). The Morgan fingerprint density at radius 2 is 1.68 bits per heavy atom. The highest BCUT2D eigenvalue weighted by atomic mass is 32.2. The average molecular weight is 294 g/mol. The van der Waals surface area contributed by atoms with Gasteiger partial charge in [0.25, 0.3) is 10.2 Å². The van der Waals surface area contributed by atoms with E-state index in [1.54, 1.807) is 0 Å². The number of carbonyl (C=O) groups is 1. The van der Waals surface area contributed by atoms with E-state index >= 15 is 0 Å². The summed E-state index contributed by atoms with van der Waals surface area (Å²) in [6.45, 7) is 6.54. The van der Waals surface area contributed by atoms with E-state index in [0.717, 1.165) is 6.42 Å². The van der Waals surface area contributed by atoms with Gasteiger partial charge in [-0.2, -0.15) is 17.4 Å². The molecule has 0 amide bonds. The van der Waals surface area contributed by atoms with Crippen molar-refractivity contribution in [2.75, 3.05) is 13.1 Å². The zero-order chi connectivity index (χ0) is 14.9. The van der Waals surface area contributed by atoms with E-state index in [2.05, 4.69) is 4.72 Å². The lowest BCUT2D eigenvalue weighted by molar-refractivity contribution is -0.139. The Hall–Kier alpha value is -0.660. The molecule has 0 aliphatic rings. The summed E-state index contributed by atoms with van der Waals surface area (Å²) in [6.07, 6.45) is 3.23. The Morgan fingerprint density at radius 3 is 2.05 bits per heavy atom. The fraction of sp³-hybridized carbons (Fsp3) is 0.917. The lowest BCUT2D eigenvalue weighted by Gasteiger charge is -2.23. The topological polar surface area (TPSA) is 86.7 Å². The highest BCUT2D eigenvalue weighted by molar-refractivity contribution is 7.87. The van der Waals surface area contributed by atoms with Crippen LogP contribution in [0.5, 0.6) is 0 Å². The second kappa shape index (κ2) is 9.28. The van der Waals surface area contributed by atoms with Crippen LogP contribution in [0.1, 0.15) is 52.9 Å². The van der Waals surface area contributed by atoms with Crippen molar-refractivity contribution in [3.05, 3.63) is 0 Å². The van der Waals surface area contributed by atoms with Crippen molar-refractivity contribution < 1.29 is 18.3 Å². The highest BCUT2D eigenvalue weighted by Crippen LogP contribution is 2.07. The van der Waals surface area contributed by atoms with E-state index in [9.17, 15) is 13.2 Å². The maximum absolute atomic E-state index is 12.1. The molecule has 0 saturated heterocycles. The first-order valence-electron chi connectivity index (χ1n) is 6.89. The molecule has 0 aromatic carbocycles. The first kappa shape index (κ1) is 18.3. The second-order valence-corrected chi connectivity index (χ2v) is 6.26. The number of hydrogen-bond donors (Lipinski definition) is 2. The van der Waals surface area contributed by atoms with Gasteiger partial charge in [0, 0.05) is 13.1 Å². The lowest BCUT2D eigenvalue weighted by Crippen LogP contribution is -2.48. The van der Waals surface area contributed by atoms with Gasteiger partial charge >= 0.3 is 5.97 Å². The van der Waals surface area contributed by atoms with Gasteiger partial charge in [-0.05, 0) is 19.3 Å². The van der Waals surface area contributed by atoms with Crippen molar-refractivity contribution in [1.29, 1.82) is 0 Å². The third-order valence-electron chi connectivity index (χ3n) is 2.72. The minimum absolute atomic E-state index is 0.317. The van der Waals surface area contributed by atoms with Crippen molar-refractivity contribution in [3.63, 3.8) is 0 Å². The summed E-state index contributed by atoms with van der Waals surface area (Å²) in [5.41, 5.74) is 0. The average Bonchev–Trinajstić information content (AvgIpc) is 2.33. The maximum atomic E-state index is 12.1. The molecule has 0 aromatic rings. The predicted molar refractivity (Wildman–Crippen MR) is 75.2 cm³/mol. The van der Waals surface area contributed by atoms with Gasteiger partial charge in [-0.25, -0.2) is 0 Å². The molecular weight excluding hydrogens is 268 g/mol. The van der Waals surface area contributed by atoms with Crippen LogP contribution in [-0.4, -0.2) is 42.9 Å². The molecule has 114 valence electrons. The van der Waals surface area contributed by atoms with Gasteiger partial charge in [0.15, 0.2) is 0 Å². The molecule has 0 saturated carbocycles. The summed E-state index contributed by atoms with van der Waals surface area (Å²) in [5.74, 6) is -1.12. The first-order valence-corrected chi connectivity index (χ1v) is 8.33. The summed E-state index contributed by atoms with van der Waals surface area (Å²) in [5, 5.41) is 9.06. The SMILES string of the molecule is CCCC[C@H](NS(=O)(=O)N(CCC)CCC)C(=O)O. The fourth-order valence-corrected chi connectivity index (χ4v) is 3.32. The molecule has 2 N–H and O–H groups in total. The molecule has 6 nitrogen and oxygen atoms in total. The van der Waals surface area contributed by atoms with Gasteiger partial charge in [0.1, 0.15) is 6.04 Å². The number of nitrogens with one attached hydrogen (secondary N) is 1. The molecule has 7 heteroatoms. The van der Waals surface area contributed by atoms with Crippen molar-refractivity contribution in [1.82, 2.24) is 9.03 Å². The third-order valence-corrected chi connectivity index (χ3v) is 4.35. The zero-order valence-electron chi connectivity index (χ0n) is 12.1. The monoisotopic (exact) mass is 294 g/mol. The van der Waals surface area contributed by atoms with E-state index in [4.69, 9.17) is 5.11 Å². The molecule has 0 unspecified atom stereocenters. The van der Waals surface area contributed by atoms with E-state index < -0.39 is 22.2 Å². The van der Waals surface area contributed by atoms with E-state index in [-0.39, 0.29) is 0 Å². The molecule has 0 fully saturated rings. The molecule has 0 bridgehead atoms. The standard InChI is InChI=1S/C12H26N2O4S/c1-4-7-8-11(12(15)16)13-19(17,18)14(9-5-2)10-6-3/h11,13H,4-10H2,1-3H3,(H,15,16)/t11-/m0/s1. The Balaban J connectivity index is 4.80. The summed E-state index contributed by atoms with van der Waals surface area (Å²) in [7, 11) is -3.72. The summed E-state index contributed by atoms with van der Waals surface area (Å²) in [6, 6.07) is -1.04. The Kier molecular flexibility index (Phi) is 8.95. The highest BCUT2D eigenvalue weighted by Gasteiger charge is 2.27. The molecule has 19 heavy (non-hydrogen) atoms. The van der Waals surface area contributed by atoms with Gasteiger partial charge in [-0.3, -0.25) is 4.79 Å². The number of aliphatic carboxylic acids is 1. The van der Waals surface area contributed by atoms with Crippen LogP contribution in [-0.2, 0) is 15.0 Å².